The summed E-state index contributed by atoms with van der Waals surface area (Å²) in [7, 11) is 2.00. The molecule has 1 N–H and O–H groups in total. The van der Waals surface area contributed by atoms with Crippen molar-refractivity contribution in [3.05, 3.63) is 34.6 Å². The van der Waals surface area contributed by atoms with Gasteiger partial charge in [0.2, 0.25) is 0 Å². The van der Waals surface area contributed by atoms with Gasteiger partial charge in [0.15, 0.2) is 5.82 Å². The first-order valence-corrected chi connectivity index (χ1v) is 7.79. The topological polar surface area (TPSA) is 55.6 Å². The average molecular weight is 306 g/mol. The lowest BCUT2D eigenvalue weighted by Gasteiger charge is -2.35. The van der Waals surface area contributed by atoms with Crippen molar-refractivity contribution in [1.82, 2.24) is 25.5 Å². The highest BCUT2D eigenvalue weighted by atomic mass is 35.5. The van der Waals surface area contributed by atoms with Crippen LogP contribution in [0.3, 0.4) is 0 Å². The molecule has 0 spiro atoms. The Hall–Kier alpha value is -1.46. The van der Waals surface area contributed by atoms with E-state index in [9.17, 15) is 0 Å². The Labute approximate surface area is 129 Å². The van der Waals surface area contributed by atoms with Crippen LogP contribution in [0, 0.1) is 6.92 Å². The largest absolute Gasteiger partial charge is 0.308 e. The summed E-state index contributed by atoms with van der Waals surface area (Å²) < 4.78 is 1.84. The van der Waals surface area contributed by atoms with Crippen molar-refractivity contribution in [3.63, 3.8) is 0 Å². The number of aromatic nitrogens is 4. The van der Waals surface area contributed by atoms with E-state index in [0.717, 1.165) is 34.9 Å². The van der Waals surface area contributed by atoms with Gasteiger partial charge in [-0.1, -0.05) is 36.9 Å². The smallest absolute Gasteiger partial charge is 0.176 e. The van der Waals surface area contributed by atoms with E-state index in [0.29, 0.717) is 0 Å². The number of hydrogen-bond donors (Lipinski definition) is 1. The van der Waals surface area contributed by atoms with Gasteiger partial charge >= 0.3 is 0 Å². The fraction of sp³-hybridized carbons (Fsp3) is 0.533. The zero-order valence-electron chi connectivity index (χ0n) is 12.4. The number of tetrazole rings is 1. The van der Waals surface area contributed by atoms with Crippen molar-refractivity contribution in [1.29, 1.82) is 0 Å². The molecule has 2 aromatic rings. The van der Waals surface area contributed by atoms with E-state index in [1.54, 1.807) is 0 Å². The van der Waals surface area contributed by atoms with Crippen molar-refractivity contribution in [2.75, 3.05) is 7.05 Å². The molecule has 1 aliphatic rings. The van der Waals surface area contributed by atoms with Crippen LogP contribution in [0.15, 0.2) is 18.2 Å². The van der Waals surface area contributed by atoms with Gasteiger partial charge in [-0.3, -0.25) is 0 Å². The molecule has 1 fully saturated rings. The van der Waals surface area contributed by atoms with Gasteiger partial charge in [-0.15, -0.1) is 5.10 Å². The zero-order chi connectivity index (χ0) is 14.9. The van der Waals surface area contributed by atoms with Crippen LogP contribution in [0.2, 0.25) is 5.02 Å². The third kappa shape index (κ3) is 2.45. The Morgan fingerprint density at radius 2 is 2.00 bits per heavy atom. The van der Waals surface area contributed by atoms with E-state index in [1.165, 1.54) is 19.3 Å². The molecule has 1 aromatic heterocycles. The average Bonchev–Trinajstić information content (AvgIpc) is 3.00. The summed E-state index contributed by atoms with van der Waals surface area (Å²) >= 11 is 6.24. The lowest BCUT2D eigenvalue weighted by Crippen LogP contribution is -2.44. The highest BCUT2D eigenvalue weighted by Crippen LogP contribution is 2.36. The quantitative estimate of drug-likeness (QED) is 0.947. The lowest BCUT2D eigenvalue weighted by atomic mass is 9.81. The first-order chi connectivity index (χ1) is 10.2. The number of hydrogen-bond acceptors (Lipinski definition) is 4. The summed E-state index contributed by atoms with van der Waals surface area (Å²) in [6.45, 7) is 2.00. The van der Waals surface area contributed by atoms with Crippen LogP contribution in [0.4, 0.5) is 0 Å². The molecule has 1 aromatic carbocycles. The Bertz CT molecular complexity index is 631. The van der Waals surface area contributed by atoms with Crippen molar-refractivity contribution < 1.29 is 0 Å². The van der Waals surface area contributed by atoms with Crippen molar-refractivity contribution in [2.45, 2.75) is 44.6 Å². The van der Waals surface area contributed by atoms with Gasteiger partial charge in [-0.05, 0) is 54.9 Å². The lowest BCUT2D eigenvalue weighted by molar-refractivity contribution is 0.232. The van der Waals surface area contributed by atoms with Crippen LogP contribution >= 0.6 is 11.6 Å². The summed E-state index contributed by atoms with van der Waals surface area (Å²) in [5, 5.41) is 16.7. The van der Waals surface area contributed by atoms with E-state index in [-0.39, 0.29) is 5.54 Å². The molecule has 0 unspecified atom stereocenters. The summed E-state index contributed by atoms with van der Waals surface area (Å²) in [5.74, 6) is 0.884. The minimum Gasteiger partial charge on any atom is -0.308 e. The SMILES string of the molecule is CNC1(c2nnnn2-c2cccc(Cl)c2C)CCCCC1. The van der Waals surface area contributed by atoms with Gasteiger partial charge in [-0.2, -0.15) is 4.68 Å². The second kappa shape index (κ2) is 5.73. The summed E-state index contributed by atoms with van der Waals surface area (Å²) in [6, 6.07) is 5.83. The fourth-order valence-corrected chi connectivity index (χ4v) is 3.38. The predicted molar refractivity (Wildman–Crippen MR) is 82.7 cm³/mol. The van der Waals surface area contributed by atoms with Crippen molar-refractivity contribution in [3.8, 4) is 5.69 Å². The minimum atomic E-state index is -0.142. The minimum absolute atomic E-state index is 0.142. The highest BCUT2D eigenvalue weighted by Gasteiger charge is 2.37. The molecule has 0 aliphatic heterocycles. The van der Waals surface area contributed by atoms with Crippen LogP contribution in [-0.2, 0) is 5.54 Å². The molecule has 21 heavy (non-hydrogen) atoms. The molecular formula is C15H20ClN5. The first-order valence-electron chi connectivity index (χ1n) is 7.41. The molecule has 3 rings (SSSR count). The zero-order valence-corrected chi connectivity index (χ0v) is 13.2. The van der Waals surface area contributed by atoms with Crippen LogP contribution in [0.25, 0.3) is 5.69 Å². The summed E-state index contributed by atoms with van der Waals surface area (Å²) in [4.78, 5) is 0. The highest BCUT2D eigenvalue weighted by molar-refractivity contribution is 6.31. The third-order valence-electron chi connectivity index (χ3n) is 4.55. The van der Waals surface area contributed by atoms with Gasteiger partial charge in [0.1, 0.15) is 0 Å². The number of halogens is 1. The maximum atomic E-state index is 6.24. The third-order valence-corrected chi connectivity index (χ3v) is 4.96. The molecule has 0 radical (unpaired) electrons. The number of benzene rings is 1. The molecule has 0 atom stereocenters. The van der Waals surface area contributed by atoms with Gasteiger partial charge in [-0.25, -0.2) is 0 Å². The summed E-state index contributed by atoms with van der Waals surface area (Å²) in [5.41, 5.74) is 1.80. The first kappa shape index (κ1) is 14.5. The standard InChI is InChI=1S/C15H20ClN5/c1-11-12(16)7-6-8-13(11)21-14(18-19-20-21)15(17-2)9-4-3-5-10-15/h6-8,17H,3-5,9-10H2,1-2H3. The second-order valence-corrected chi connectivity index (χ2v) is 6.10. The Balaban J connectivity index is 2.10. The van der Waals surface area contributed by atoms with Gasteiger partial charge < -0.3 is 5.32 Å². The van der Waals surface area contributed by atoms with Gasteiger partial charge in [0, 0.05) is 5.02 Å². The maximum Gasteiger partial charge on any atom is 0.176 e. The number of nitrogens with zero attached hydrogens (tertiary/aromatic N) is 4. The monoisotopic (exact) mass is 305 g/mol. The molecule has 1 heterocycles. The Kier molecular flexibility index (Phi) is 3.95. The van der Waals surface area contributed by atoms with E-state index >= 15 is 0 Å². The van der Waals surface area contributed by atoms with E-state index in [1.807, 2.05) is 36.9 Å². The molecule has 6 heteroatoms. The number of nitrogens with one attached hydrogen (secondary N) is 1. The maximum absolute atomic E-state index is 6.24. The molecule has 1 saturated carbocycles. The fourth-order valence-electron chi connectivity index (χ4n) is 3.21. The van der Waals surface area contributed by atoms with Gasteiger partial charge in [0.25, 0.3) is 0 Å². The van der Waals surface area contributed by atoms with Crippen LogP contribution in [0.1, 0.15) is 43.5 Å². The molecule has 0 bridgehead atoms. The van der Waals surface area contributed by atoms with E-state index in [2.05, 4.69) is 20.8 Å². The number of rotatable bonds is 3. The van der Waals surface area contributed by atoms with Crippen LogP contribution in [0.5, 0.6) is 0 Å². The van der Waals surface area contributed by atoms with Crippen molar-refractivity contribution in [2.24, 2.45) is 0 Å². The molecule has 1 aliphatic carbocycles. The Morgan fingerprint density at radius 3 is 2.71 bits per heavy atom. The van der Waals surface area contributed by atoms with E-state index in [4.69, 9.17) is 11.6 Å². The van der Waals surface area contributed by atoms with Crippen LogP contribution in [-0.4, -0.2) is 27.3 Å². The molecule has 5 nitrogen and oxygen atoms in total. The molecule has 0 amide bonds. The Morgan fingerprint density at radius 1 is 1.24 bits per heavy atom. The van der Waals surface area contributed by atoms with Gasteiger partial charge in [0.05, 0.1) is 11.2 Å². The molecular weight excluding hydrogens is 286 g/mol. The summed E-state index contributed by atoms with van der Waals surface area (Å²) in [6.07, 6.45) is 5.79. The predicted octanol–water partition coefficient (Wildman–Crippen LogP) is 3.00. The molecule has 112 valence electrons. The van der Waals surface area contributed by atoms with Crippen LogP contribution < -0.4 is 5.32 Å². The van der Waals surface area contributed by atoms with Crippen molar-refractivity contribution >= 4 is 11.6 Å². The normalized spacial score (nSPS) is 17.9. The molecule has 0 saturated heterocycles. The second-order valence-electron chi connectivity index (χ2n) is 5.69. The van der Waals surface area contributed by atoms with E-state index < -0.39 is 0 Å².